The molecule has 0 spiro atoms. The molecule has 3 amide bonds. The Hall–Kier alpha value is -2.76. The summed E-state index contributed by atoms with van der Waals surface area (Å²) in [5.41, 5.74) is 6.29. The Kier molecular flexibility index (Phi) is 8.93. The summed E-state index contributed by atoms with van der Waals surface area (Å²) in [6.07, 6.45) is -0.278. The standard InChI is InChI=1S/C21H30FN5O4S/c1-12-5-6-13(15(22)9-12)11-31-18-16(17(23)29)19(32-27-18)26-20(30)24-8-7-14(28)10-25-21(2,3)4/h5-6,9,14,25,28H,7-8,10-11H2,1-4H3,(H2,23,29)(H2,24,26,30). The summed E-state index contributed by atoms with van der Waals surface area (Å²) in [5, 5.41) is 18.4. The quantitative estimate of drug-likeness (QED) is 0.364. The molecule has 0 radical (unpaired) electrons. The van der Waals surface area contributed by atoms with Crippen molar-refractivity contribution < 1.29 is 23.8 Å². The van der Waals surface area contributed by atoms with Crippen molar-refractivity contribution in [2.75, 3.05) is 18.4 Å². The molecule has 11 heteroatoms. The second kappa shape index (κ2) is 11.2. The SMILES string of the molecule is Cc1ccc(COc2nsc(NC(=O)NCCC(O)CNC(C)(C)C)c2C(N)=O)c(F)c1. The lowest BCUT2D eigenvalue weighted by atomic mass is 10.1. The molecule has 0 aliphatic heterocycles. The van der Waals surface area contributed by atoms with E-state index in [0.29, 0.717) is 18.5 Å². The number of aliphatic hydroxyl groups is 1. The summed E-state index contributed by atoms with van der Waals surface area (Å²) in [4.78, 5) is 24.1. The van der Waals surface area contributed by atoms with Gasteiger partial charge in [0.25, 0.3) is 5.91 Å². The lowest BCUT2D eigenvalue weighted by Crippen LogP contribution is -2.42. The van der Waals surface area contributed by atoms with Gasteiger partial charge < -0.3 is 26.2 Å². The molecule has 1 aromatic carbocycles. The van der Waals surface area contributed by atoms with Crippen LogP contribution in [0.1, 0.15) is 48.7 Å². The number of anilines is 1. The molecule has 0 aliphatic rings. The van der Waals surface area contributed by atoms with Crippen LogP contribution in [0.4, 0.5) is 14.2 Å². The molecule has 0 aliphatic carbocycles. The van der Waals surface area contributed by atoms with E-state index in [4.69, 9.17) is 10.5 Å². The highest BCUT2D eigenvalue weighted by atomic mass is 32.1. The fourth-order valence-electron chi connectivity index (χ4n) is 2.62. The number of aromatic nitrogens is 1. The molecule has 0 saturated heterocycles. The largest absolute Gasteiger partial charge is 0.471 e. The molecule has 2 aromatic rings. The van der Waals surface area contributed by atoms with E-state index in [0.717, 1.165) is 17.1 Å². The predicted molar refractivity (Wildman–Crippen MR) is 122 cm³/mol. The Morgan fingerprint density at radius 3 is 2.69 bits per heavy atom. The first-order chi connectivity index (χ1) is 15.0. The fourth-order valence-corrected chi connectivity index (χ4v) is 3.35. The molecule has 0 fully saturated rings. The minimum atomic E-state index is -0.836. The average Bonchev–Trinajstić information content (AvgIpc) is 3.07. The van der Waals surface area contributed by atoms with E-state index < -0.39 is 23.9 Å². The van der Waals surface area contributed by atoms with Crippen molar-refractivity contribution >= 4 is 28.5 Å². The van der Waals surface area contributed by atoms with Crippen LogP contribution in [0.5, 0.6) is 5.88 Å². The maximum atomic E-state index is 14.0. The van der Waals surface area contributed by atoms with Crippen molar-refractivity contribution in [1.29, 1.82) is 0 Å². The van der Waals surface area contributed by atoms with Gasteiger partial charge in [0, 0.05) is 24.2 Å². The number of hydrogen-bond acceptors (Lipinski definition) is 7. The zero-order chi connectivity index (χ0) is 23.9. The van der Waals surface area contributed by atoms with Crippen LogP contribution in [0, 0.1) is 12.7 Å². The van der Waals surface area contributed by atoms with Crippen LogP contribution < -0.4 is 26.4 Å². The highest BCUT2D eigenvalue weighted by molar-refractivity contribution is 7.11. The predicted octanol–water partition coefficient (Wildman–Crippen LogP) is 2.53. The van der Waals surface area contributed by atoms with Gasteiger partial charge in [0.05, 0.1) is 6.10 Å². The van der Waals surface area contributed by atoms with Crippen molar-refractivity contribution in [2.24, 2.45) is 5.73 Å². The van der Waals surface area contributed by atoms with Crippen LogP contribution in [0.2, 0.25) is 0 Å². The van der Waals surface area contributed by atoms with Gasteiger partial charge >= 0.3 is 6.03 Å². The number of primary amides is 1. The lowest BCUT2D eigenvalue weighted by molar-refractivity contribution is 0.0996. The van der Waals surface area contributed by atoms with Crippen LogP contribution in [0.25, 0.3) is 0 Å². The molecule has 1 unspecified atom stereocenters. The normalized spacial score (nSPS) is 12.3. The minimum Gasteiger partial charge on any atom is -0.471 e. The van der Waals surface area contributed by atoms with Crippen LogP contribution in [-0.2, 0) is 6.61 Å². The number of carbonyl (C=O) groups is 2. The number of nitrogens with one attached hydrogen (secondary N) is 3. The van der Waals surface area contributed by atoms with E-state index >= 15 is 0 Å². The Morgan fingerprint density at radius 1 is 1.34 bits per heavy atom. The number of hydrogen-bond donors (Lipinski definition) is 5. The molecule has 9 nitrogen and oxygen atoms in total. The first kappa shape index (κ1) is 25.5. The van der Waals surface area contributed by atoms with E-state index in [2.05, 4.69) is 20.3 Å². The topological polar surface area (TPSA) is 139 Å². The summed E-state index contributed by atoms with van der Waals surface area (Å²) in [6, 6.07) is 4.12. The number of amides is 3. The van der Waals surface area contributed by atoms with E-state index in [1.54, 1.807) is 19.1 Å². The Balaban J connectivity index is 1.91. The summed E-state index contributed by atoms with van der Waals surface area (Å²) < 4.78 is 23.5. The number of nitrogens with zero attached hydrogens (tertiary/aromatic N) is 1. The number of aryl methyl sites for hydroxylation is 1. The van der Waals surface area contributed by atoms with Gasteiger partial charge in [-0.05, 0) is 57.3 Å². The second-order valence-corrected chi connectivity index (χ2v) is 9.17. The van der Waals surface area contributed by atoms with Gasteiger partial charge in [-0.1, -0.05) is 12.1 Å². The minimum absolute atomic E-state index is 0.0820. The number of nitrogens with two attached hydrogens (primary N) is 1. The molecule has 0 saturated carbocycles. The van der Waals surface area contributed by atoms with Crippen molar-refractivity contribution in [3.63, 3.8) is 0 Å². The maximum Gasteiger partial charge on any atom is 0.319 e. The third-order valence-electron chi connectivity index (χ3n) is 4.34. The molecule has 1 heterocycles. The van der Waals surface area contributed by atoms with Gasteiger partial charge in [0.2, 0.25) is 5.88 Å². The monoisotopic (exact) mass is 467 g/mol. The molecule has 1 atom stereocenters. The molecule has 0 bridgehead atoms. The Bertz CT molecular complexity index is 945. The van der Waals surface area contributed by atoms with E-state index in [1.807, 2.05) is 20.8 Å². The average molecular weight is 468 g/mol. The van der Waals surface area contributed by atoms with E-state index in [1.165, 1.54) is 6.07 Å². The van der Waals surface area contributed by atoms with Gasteiger partial charge in [0.15, 0.2) is 0 Å². The molecule has 32 heavy (non-hydrogen) atoms. The molecule has 176 valence electrons. The number of carbonyl (C=O) groups excluding carboxylic acids is 2. The molecule has 6 N–H and O–H groups in total. The third kappa shape index (κ3) is 8.06. The number of urea groups is 1. The van der Waals surface area contributed by atoms with Crippen molar-refractivity contribution in [1.82, 2.24) is 15.0 Å². The van der Waals surface area contributed by atoms with Crippen LogP contribution in [0.3, 0.4) is 0 Å². The highest BCUT2D eigenvalue weighted by Crippen LogP contribution is 2.30. The van der Waals surface area contributed by atoms with E-state index in [-0.39, 0.29) is 35.1 Å². The first-order valence-electron chi connectivity index (χ1n) is 10.1. The van der Waals surface area contributed by atoms with Crippen LogP contribution >= 0.6 is 11.5 Å². The molecule has 1 aromatic heterocycles. The second-order valence-electron chi connectivity index (χ2n) is 8.39. The van der Waals surface area contributed by atoms with Crippen molar-refractivity contribution in [3.05, 3.63) is 40.7 Å². The summed E-state index contributed by atoms with van der Waals surface area (Å²) in [6.45, 7) is 8.22. The molecule has 2 rings (SSSR count). The fraction of sp³-hybridized carbons (Fsp3) is 0.476. The molecular weight excluding hydrogens is 437 g/mol. The van der Waals surface area contributed by atoms with Gasteiger partial charge in [-0.15, -0.1) is 0 Å². The Morgan fingerprint density at radius 2 is 2.06 bits per heavy atom. The van der Waals surface area contributed by atoms with Gasteiger partial charge in [-0.3, -0.25) is 10.1 Å². The van der Waals surface area contributed by atoms with Crippen LogP contribution in [-0.4, -0.2) is 46.2 Å². The highest BCUT2D eigenvalue weighted by Gasteiger charge is 2.22. The van der Waals surface area contributed by atoms with Crippen molar-refractivity contribution in [3.8, 4) is 5.88 Å². The number of β-amino-alcohol motifs (C(OH)–C–C–N with tert-alkyl or cyclic N) is 1. The number of ether oxygens (including phenoxy) is 1. The van der Waals surface area contributed by atoms with Gasteiger partial charge in [-0.2, -0.15) is 4.37 Å². The van der Waals surface area contributed by atoms with E-state index in [9.17, 15) is 19.1 Å². The number of halogens is 1. The number of aliphatic hydroxyl groups excluding tert-OH is 1. The number of benzene rings is 1. The number of rotatable bonds is 10. The van der Waals surface area contributed by atoms with Gasteiger partial charge in [-0.25, -0.2) is 9.18 Å². The summed E-state index contributed by atoms with van der Waals surface area (Å²) in [7, 11) is 0. The summed E-state index contributed by atoms with van der Waals surface area (Å²) >= 11 is 0.824. The van der Waals surface area contributed by atoms with Gasteiger partial charge in [0.1, 0.15) is 23.0 Å². The summed E-state index contributed by atoms with van der Waals surface area (Å²) in [5.74, 6) is -1.35. The lowest BCUT2D eigenvalue weighted by Gasteiger charge is -2.22. The third-order valence-corrected chi connectivity index (χ3v) is 5.08. The first-order valence-corrected chi connectivity index (χ1v) is 10.9. The zero-order valence-electron chi connectivity index (χ0n) is 18.6. The zero-order valence-corrected chi connectivity index (χ0v) is 19.4. The Labute approximate surface area is 190 Å². The van der Waals surface area contributed by atoms with Crippen LogP contribution in [0.15, 0.2) is 18.2 Å². The molecular formula is C21H30FN5O4S. The smallest absolute Gasteiger partial charge is 0.319 e. The maximum absolute atomic E-state index is 14.0. The van der Waals surface area contributed by atoms with Crippen molar-refractivity contribution in [2.45, 2.75) is 52.4 Å².